The number of amides is 2. The second-order valence-electron chi connectivity index (χ2n) is 8.01. The SMILES string of the molecule is CCOC(=O)C1CCCN(C(=O)CN(C)C(=O)c2cc(S(=O)(=O)NC(C)C)ccc2Cl)C1. The first-order chi connectivity index (χ1) is 15.0. The molecule has 1 atom stereocenters. The van der Waals surface area contributed by atoms with Crippen LogP contribution in [0.5, 0.6) is 0 Å². The van der Waals surface area contributed by atoms with Crippen LogP contribution in [-0.4, -0.2) is 75.3 Å². The zero-order valence-electron chi connectivity index (χ0n) is 18.8. The summed E-state index contributed by atoms with van der Waals surface area (Å²) in [7, 11) is -2.37. The largest absolute Gasteiger partial charge is 0.466 e. The van der Waals surface area contributed by atoms with Gasteiger partial charge < -0.3 is 14.5 Å². The second kappa shape index (κ2) is 11.1. The number of piperidine rings is 1. The van der Waals surface area contributed by atoms with Gasteiger partial charge in [0.2, 0.25) is 15.9 Å². The fourth-order valence-corrected chi connectivity index (χ4v) is 4.93. The summed E-state index contributed by atoms with van der Waals surface area (Å²) in [6.07, 6.45) is 1.32. The van der Waals surface area contributed by atoms with Crippen molar-refractivity contribution < 1.29 is 27.5 Å². The summed E-state index contributed by atoms with van der Waals surface area (Å²) < 4.78 is 32.4. The fraction of sp³-hybridized carbons (Fsp3) is 0.571. The van der Waals surface area contributed by atoms with Crippen molar-refractivity contribution in [2.75, 3.05) is 33.3 Å². The van der Waals surface area contributed by atoms with E-state index in [1.807, 2.05) is 0 Å². The smallest absolute Gasteiger partial charge is 0.310 e. The van der Waals surface area contributed by atoms with Gasteiger partial charge in [-0.25, -0.2) is 13.1 Å². The molecule has 2 amide bonds. The predicted molar refractivity (Wildman–Crippen MR) is 120 cm³/mol. The van der Waals surface area contributed by atoms with Gasteiger partial charge >= 0.3 is 5.97 Å². The maximum atomic E-state index is 12.9. The number of nitrogens with one attached hydrogen (secondary N) is 1. The summed E-state index contributed by atoms with van der Waals surface area (Å²) >= 11 is 6.15. The molecular formula is C21H30ClN3O6S. The zero-order valence-corrected chi connectivity index (χ0v) is 20.3. The number of likely N-dealkylation sites (N-methyl/N-ethyl adjacent to an activating group) is 1. The number of carbonyl (C=O) groups excluding carboxylic acids is 3. The first kappa shape index (κ1) is 26.1. The molecule has 0 radical (unpaired) electrons. The van der Waals surface area contributed by atoms with E-state index in [-0.39, 0.29) is 59.0 Å². The molecule has 0 aromatic heterocycles. The molecule has 1 saturated heterocycles. The summed E-state index contributed by atoms with van der Waals surface area (Å²) in [6, 6.07) is 3.54. The lowest BCUT2D eigenvalue weighted by Gasteiger charge is -2.32. The van der Waals surface area contributed by atoms with Crippen molar-refractivity contribution in [3.63, 3.8) is 0 Å². The lowest BCUT2D eigenvalue weighted by atomic mass is 9.98. The average molecular weight is 488 g/mol. The van der Waals surface area contributed by atoms with E-state index in [0.717, 1.165) is 0 Å². The van der Waals surface area contributed by atoms with Crippen LogP contribution in [0.4, 0.5) is 0 Å². The molecule has 1 aliphatic rings. The van der Waals surface area contributed by atoms with E-state index in [4.69, 9.17) is 16.3 Å². The second-order valence-corrected chi connectivity index (χ2v) is 10.1. The Balaban J connectivity index is 2.11. The molecule has 0 spiro atoms. The molecule has 1 aromatic rings. The third kappa shape index (κ3) is 6.66. The molecule has 2 rings (SSSR count). The van der Waals surface area contributed by atoms with E-state index in [1.54, 1.807) is 25.7 Å². The van der Waals surface area contributed by atoms with Gasteiger partial charge in [-0.1, -0.05) is 11.6 Å². The molecule has 0 aliphatic carbocycles. The zero-order chi connectivity index (χ0) is 24.1. The highest BCUT2D eigenvalue weighted by atomic mass is 35.5. The molecule has 1 aliphatic heterocycles. The van der Waals surface area contributed by atoms with E-state index in [9.17, 15) is 22.8 Å². The maximum absolute atomic E-state index is 12.9. The number of ether oxygens (including phenoxy) is 1. The monoisotopic (exact) mass is 487 g/mol. The van der Waals surface area contributed by atoms with Gasteiger partial charge in [0.25, 0.3) is 5.91 Å². The number of hydrogen-bond acceptors (Lipinski definition) is 6. The standard InChI is InChI=1S/C21H30ClN3O6S/c1-5-31-21(28)15-7-6-10-25(12-15)19(26)13-24(4)20(27)17-11-16(8-9-18(17)22)32(29,30)23-14(2)3/h8-9,11,14-15,23H,5-7,10,12-13H2,1-4H3. The molecule has 1 fully saturated rings. The summed E-state index contributed by atoms with van der Waals surface area (Å²) in [5, 5.41) is 0.0816. The van der Waals surface area contributed by atoms with E-state index in [1.165, 1.54) is 30.1 Å². The molecule has 32 heavy (non-hydrogen) atoms. The highest BCUT2D eigenvalue weighted by Crippen LogP contribution is 2.23. The van der Waals surface area contributed by atoms with Crippen LogP contribution in [0.1, 0.15) is 44.0 Å². The van der Waals surface area contributed by atoms with Crippen LogP contribution >= 0.6 is 11.6 Å². The minimum atomic E-state index is -3.82. The van der Waals surface area contributed by atoms with Gasteiger partial charge in [-0.2, -0.15) is 0 Å². The highest BCUT2D eigenvalue weighted by molar-refractivity contribution is 7.89. The van der Waals surface area contributed by atoms with Crippen LogP contribution in [0.15, 0.2) is 23.1 Å². The molecule has 0 saturated carbocycles. The van der Waals surface area contributed by atoms with Crippen LogP contribution in [0.3, 0.4) is 0 Å². The van der Waals surface area contributed by atoms with Gasteiger partial charge in [0.05, 0.1) is 34.6 Å². The molecule has 1 heterocycles. The Labute approximate surface area is 194 Å². The number of carbonyl (C=O) groups is 3. The average Bonchev–Trinajstić information content (AvgIpc) is 2.72. The topological polar surface area (TPSA) is 113 Å². The van der Waals surface area contributed by atoms with Crippen molar-refractivity contribution in [1.29, 1.82) is 0 Å². The van der Waals surface area contributed by atoms with E-state index in [2.05, 4.69) is 4.72 Å². The first-order valence-electron chi connectivity index (χ1n) is 10.5. The Morgan fingerprint density at radius 3 is 2.62 bits per heavy atom. The Bertz CT molecular complexity index is 966. The third-order valence-corrected chi connectivity index (χ3v) is 6.97. The molecule has 1 aromatic carbocycles. The minimum absolute atomic E-state index is 0.0170. The fourth-order valence-electron chi connectivity index (χ4n) is 3.45. The Morgan fingerprint density at radius 2 is 2.00 bits per heavy atom. The predicted octanol–water partition coefficient (Wildman–Crippen LogP) is 1.90. The van der Waals surface area contributed by atoms with Crippen molar-refractivity contribution in [2.45, 2.75) is 44.6 Å². The van der Waals surface area contributed by atoms with Crippen LogP contribution < -0.4 is 4.72 Å². The number of rotatable bonds is 8. The minimum Gasteiger partial charge on any atom is -0.466 e. The third-order valence-electron chi connectivity index (χ3n) is 4.98. The number of nitrogens with zero attached hydrogens (tertiary/aromatic N) is 2. The summed E-state index contributed by atoms with van der Waals surface area (Å²) in [6.45, 7) is 5.89. The summed E-state index contributed by atoms with van der Waals surface area (Å²) in [5.74, 6) is -1.59. The number of benzene rings is 1. The number of sulfonamides is 1. The van der Waals surface area contributed by atoms with Crippen LogP contribution in [-0.2, 0) is 24.3 Å². The molecule has 178 valence electrons. The Morgan fingerprint density at radius 1 is 1.31 bits per heavy atom. The Kier molecular flexibility index (Phi) is 9.06. The van der Waals surface area contributed by atoms with Crippen LogP contribution in [0, 0.1) is 5.92 Å². The number of halogens is 1. The lowest BCUT2D eigenvalue weighted by molar-refractivity contribution is -0.151. The van der Waals surface area contributed by atoms with Crippen molar-refractivity contribution >= 4 is 39.4 Å². The van der Waals surface area contributed by atoms with Crippen molar-refractivity contribution in [2.24, 2.45) is 5.92 Å². The van der Waals surface area contributed by atoms with Crippen LogP contribution in [0.2, 0.25) is 5.02 Å². The van der Waals surface area contributed by atoms with Crippen molar-refractivity contribution in [3.8, 4) is 0 Å². The van der Waals surface area contributed by atoms with Gasteiger partial charge in [-0.05, 0) is 51.8 Å². The van der Waals surface area contributed by atoms with Gasteiger partial charge in [0.15, 0.2) is 0 Å². The first-order valence-corrected chi connectivity index (χ1v) is 12.3. The Hall–Kier alpha value is -2.17. The van der Waals surface area contributed by atoms with Crippen molar-refractivity contribution in [3.05, 3.63) is 28.8 Å². The molecule has 1 unspecified atom stereocenters. The summed E-state index contributed by atoms with van der Waals surface area (Å²) in [5.41, 5.74) is -0.0170. The maximum Gasteiger partial charge on any atom is 0.310 e. The number of hydrogen-bond donors (Lipinski definition) is 1. The van der Waals surface area contributed by atoms with Crippen molar-refractivity contribution in [1.82, 2.24) is 14.5 Å². The van der Waals surface area contributed by atoms with Gasteiger partial charge in [-0.15, -0.1) is 0 Å². The number of likely N-dealkylation sites (tertiary alicyclic amines) is 1. The van der Waals surface area contributed by atoms with Gasteiger partial charge in [0, 0.05) is 26.2 Å². The van der Waals surface area contributed by atoms with E-state index in [0.29, 0.717) is 19.4 Å². The highest BCUT2D eigenvalue weighted by Gasteiger charge is 2.30. The van der Waals surface area contributed by atoms with Gasteiger partial charge in [0.1, 0.15) is 0 Å². The molecular weight excluding hydrogens is 458 g/mol. The van der Waals surface area contributed by atoms with E-state index < -0.39 is 15.9 Å². The molecule has 11 heteroatoms. The van der Waals surface area contributed by atoms with Gasteiger partial charge in [-0.3, -0.25) is 14.4 Å². The lowest BCUT2D eigenvalue weighted by Crippen LogP contribution is -2.47. The normalized spacial score (nSPS) is 16.7. The molecule has 1 N–H and O–H groups in total. The molecule has 9 nitrogen and oxygen atoms in total. The van der Waals surface area contributed by atoms with E-state index >= 15 is 0 Å². The van der Waals surface area contributed by atoms with Crippen LogP contribution in [0.25, 0.3) is 0 Å². The number of esters is 1. The molecule has 0 bridgehead atoms. The quantitative estimate of drug-likeness (QED) is 0.560. The summed E-state index contributed by atoms with van der Waals surface area (Å²) in [4.78, 5) is 40.3.